The van der Waals surface area contributed by atoms with Crippen molar-refractivity contribution in [2.45, 2.75) is 0 Å². The summed E-state index contributed by atoms with van der Waals surface area (Å²) in [4.78, 5) is 19.6. The molecule has 0 radical (unpaired) electrons. The van der Waals surface area contributed by atoms with Gasteiger partial charge in [-0.15, -0.1) is 0 Å². The minimum absolute atomic E-state index is 0.175. The highest BCUT2D eigenvalue weighted by Gasteiger charge is 2.13. The number of halogens is 3. The lowest BCUT2D eigenvalue weighted by Gasteiger charge is -2.14. The van der Waals surface area contributed by atoms with Gasteiger partial charge in [0.1, 0.15) is 5.82 Å². The van der Waals surface area contributed by atoms with Crippen molar-refractivity contribution in [2.75, 3.05) is 11.9 Å². The molecule has 0 unspecified atom stereocenters. The predicted octanol–water partition coefficient (Wildman–Crippen LogP) is 2.70. The summed E-state index contributed by atoms with van der Waals surface area (Å²) in [7, 11) is 0. The van der Waals surface area contributed by atoms with E-state index < -0.39 is 0 Å². The molecule has 126 valence electrons. The van der Waals surface area contributed by atoms with Crippen molar-refractivity contribution in [1.29, 1.82) is 0 Å². The first-order valence-corrected chi connectivity index (χ1v) is 9.25. The molecule has 5 nitrogen and oxygen atoms in total. The highest BCUT2D eigenvalue weighted by atomic mass is 127. The second-order valence-electron chi connectivity index (χ2n) is 5.48. The third-order valence-electron chi connectivity index (χ3n) is 3.91. The number of hydrogen-bond donors (Lipinski definition) is 3. The maximum absolute atomic E-state index is 12.2. The van der Waals surface area contributed by atoms with Gasteiger partial charge in [-0.05, 0) is 40.8 Å². The molecule has 0 bridgehead atoms. The molecule has 0 atom stereocenters. The Bertz CT molecular complexity index is 1170. The molecule has 0 saturated heterocycles. The van der Waals surface area contributed by atoms with Crippen LogP contribution < -0.4 is 26.6 Å². The smallest absolute Gasteiger partial charge is 0.258 e. The van der Waals surface area contributed by atoms with E-state index in [0.717, 1.165) is 14.0 Å². The van der Waals surface area contributed by atoms with Crippen LogP contribution >= 0.6 is 45.8 Å². The summed E-state index contributed by atoms with van der Waals surface area (Å²) in [5, 5.41) is 9.58. The molecule has 0 spiro atoms. The maximum Gasteiger partial charge on any atom is 0.258 e. The summed E-state index contributed by atoms with van der Waals surface area (Å²) in [6.45, 7) is 0.647. The molecule has 1 aromatic carbocycles. The van der Waals surface area contributed by atoms with E-state index >= 15 is 0 Å². The molecule has 0 saturated carbocycles. The zero-order valence-electron chi connectivity index (χ0n) is 12.7. The number of fused-ring (bicyclic) bond motifs is 3. The van der Waals surface area contributed by atoms with Crippen molar-refractivity contribution >= 4 is 80.5 Å². The van der Waals surface area contributed by atoms with Crippen LogP contribution in [0.15, 0.2) is 29.2 Å². The van der Waals surface area contributed by atoms with Gasteiger partial charge >= 0.3 is 0 Å². The fourth-order valence-corrected chi connectivity index (χ4v) is 4.39. The van der Waals surface area contributed by atoms with Crippen LogP contribution in [0.25, 0.3) is 23.2 Å². The van der Waals surface area contributed by atoms with Crippen LogP contribution in [0.4, 0.5) is 11.5 Å². The van der Waals surface area contributed by atoms with E-state index in [4.69, 9.17) is 23.2 Å². The fourth-order valence-electron chi connectivity index (χ4n) is 2.82. The molecule has 1 aliphatic heterocycles. The van der Waals surface area contributed by atoms with E-state index in [1.54, 1.807) is 12.3 Å². The van der Waals surface area contributed by atoms with Gasteiger partial charge in [0, 0.05) is 32.9 Å². The molecule has 0 amide bonds. The normalized spacial score (nSPS) is 12.8. The van der Waals surface area contributed by atoms with Crippen LogP contribution in [0.3, 0.4) is 0 Å². The number of H-pyrrole nitrogens is 1. The van der Waals surface area contributed by atoms with Crippen molar-refractivity contribution in [3.8, 4) is 0 Å². The second-order valence-corrected chi connectivity index (χ2v) is 7.54. The zero-order chi connectivity index (χ0) is 17.6. The Kier molecular flexibility index (Phi) is 4.35. The molecule has 8 heteroatoms. The van der Waals surface area contributed by atoms with Gasteiger partial charge in [0.05, 0.1) is 26.6 Å². The second kappa shape index (κ2) is 6.51. The third-order valence-corrected chi connectivity index (χ3v) is 5.13. The average Bonchev–Trinajstić information content (AvgIpc) is 2.58. The first kappa shape index (κ1) is 16.7. The molecule has 2 aromatic heterocycles. The van der Waals surface area contributed by atoms with Gasteiger partial charge in [-0.3, -0.25) is 4.79 Å². The summed E-state index contributed by atoms with van der Waals surface area (Å²) in [5.74, 6) is 0.607. The van der Waals surface area contributed by atoms with Crippen molar-refractivity contribution in [1.82, 2.24) is 15.3 Å². The van der Waals surface area contributed by atoms with E-state index in [2.05, 4.69) is 43.2 Å². The minimum Gasteiger partial charge on any atom is -0.387 e. The Balaban J connectivity index is 2.00. The molecule has 25 heavy (non-hydrogen) atoms. The standard InChI is InChI=1S/C17H11Cl2IN4O/c18-11-5-8(20)6-12(19)15(11)24-16-9-1-3-21-7-10(9)14-13(23-16)2-4-22-17(14)25/h1-2,4-7,21H,3H2,(H,22,25)(H,23,24). The van der Waals surface area contributed by atoms with Crippen LogP contribution in [0, 0.1) is 3.57 Å². The lowest BCUT2D eigenvalue weighted by Crippen LogP contribution is -2.38. The molecule has 0 fully saturated rings. The first-order valence-electron chi connectivity index (χ1n) is 7.41. The summed E-state index contributed by atoms with van der Waals surface area (Å²) >= 11 is 14.9. The van der Waals surface area contributed by atoms with Crippen molar-refractivity contribution in [2.24, 2.45) is 0 Å². The van der Waals surface area contributed by atoms with Crippen LogP contribution in [-0.4, -0.2) is 16.5 Å². The van der Waals surface area contributed by atoms with Gasteiger partial charge in [-0.25, -0.2) is 4.98 Å². The Morgan fingerprint density at radius 2 is 1.96 bits per heavy atom. The molecule has 3 N–H and O–H groups in total. The Hall–Kier alpha value is -1.77. The largest absolute Gasteiger partial charge is 0.387 e. The van der Waals surface area contributed by atoms with Crippen molar-refractivity contribution in [3.63, 3.8) is 0 Å². The highest BCUT2D eigenvalue weighted by Crippen LogP contribution is 2.33. The number of aromatic nitrogens is 2. The van der Waals surface area contributed by atoms with Crippen molar-refractivity contribution < 1.29 is 0 Å². The van der Waals surface area contributed by atoms with Crippen molar-refractivity contribution in [3.05, 3.63) is 58.8 Å². The van der Waals surface area contributed by atoms with E-state index in [1.165, 1.54) is 0 Å². The van der Waals surface area contributed by atoms with E-state index in [0.29, 0.717) is 39.0 Å². The molecular weight excluding hydrogens is 474 g/mol. The molecular formula is C17H11Cl2IN4O. The van der Waals surface area contributed by atoms with Gasteiger partial charge in [0.25, 0.3) is 5.56 Å². The zero-order valence-corrected chi connectivity index (χ0v) is 16.3. The lowest BCUT2D eigenvalue weighted by atomic mass is 10.1. The lowest BCUT2D eigenvalue weighted by molar-refractivity contribution is 1.05. The van der Waals surface area contributed by atoms with Crippen LogP contribution in [0.5, 0.6) is 0 Å². The minimum atomic E-state index is -0.175. The number of rotatable bonds is 2. The van der Waals surface area contributed by atoms with E-state index in [9.17, 15) is 4.79 Å². The van der Waals surface area contributed by atoms with Crippen LogP contribution in [0.2, 0.25) is 10.0 Å². The number of nitrogens with one attached hydrogen (secondary N) is 3. The third kappa shape index (κ3) is 2.98. The van der Waals surface area contributed by atoms with E-state index in [-0.39, 0.29) is 5.56 Å². The number of pyridine rings is 2. The van der Waals surface area contributed by atoms with Gasteiger partial charge in [0.15, 0.2) is 0 Å². The monoisotopic (exact) mass is 484 g/mol. The van der Waals surface area contributed by atoms with Gasteiger partial charge in [-0.2, -0.15) is 0 Å². The van der Waals surface area contributed by atoms with Crippen LogP contribution in [-0.2, 0) is 0 Å². The number of hydrogen-bond acceptors (Lipinski definition) is 4. The van der Waals surface area contributed by atoms with Crippen LogP contribution in [0.1, 0.15) is 0 Å². The average molecular weight is 485 g/mol. The molecule has 4 rings (SSSR count). The molecule has 1 aliphatic rings. The molecule has 3 aromatic rings. The highest BCUT2D eigenvalue weighted by molar-refractivity contribution is 14.1. The summed E-state index contributed by atoms with van der Waals surface area (Å²) < 4.78 is 0.947. The molecule has 3 heterocycles. The fraction of sp³-hybridized carbons (Fsp3) is 0.0588. The van der Waals surface area contributed by atoms with Gasteiger partial charge < -0.3 is 15.6 Å². The quantitative estimate of drug-likeness (QED) is 0.489. The number of aromatic amines is 1. The predicted molar refractivity (Wildman–Crippen MR) is 111 cm³/mol. The van der Waals surface area contributed by atoms with Gasteiger partial charge in [0.2, 0.25) is 0 Å². The molecule has 0 aliphatic carbocycles. The number of nitrogens with zero attached hydrogens (tertiary/aromatic N) is 1. The van der Waals surface area contributed by atoms with E-state index in [1.807, 2.05) is 24.4 Å². The Morgan fingerprint density at radius 3 is 2.72 bits per heavy atom. The SMILES string of the molecule is O=c1[nH]ccc2nc(Nc3c(Cl)cc(I)cc3Cl)c3c(c12)=CNCC=3. The van der Waals surface area contributed by atoms with Gasteiger partial charge in [-0.1, -0.05) is 29.3 Å². The summed E-state index contributed by atoms with van der Waals surface area (Å²) in [6, 6.07) is 5.42. The Morgan fingerprint density at radius 1 is 1.20 bits per heavy atom. The summed E-state index contributed by atoms with van der Waals surface area (Å²) in [5.41, 5.74) is 1.01. The number of benzene rings is 1. The first-order chi connectivity index (χ1) is 12.0. The number of anilines is 2. The Labute approximate surface area is 165 Å². The topological polar surface area (TPSA) is 69.8 Å². The summed E-state index contributed by atoms with van der Waals surface area (Å²) in [6.07, 6.45) is 5.39. The maximum atomic E-state index is 12.2.